The van der Waals surface area contributed by atoms with Crippen molar-refractivity contribution in [2.24, 2.45) is 5.73 Å². The van der Waals surface area contributed by atoms with Gasteiger partial charge in [0, 0.05) is 10.5 Å². The van der Waals surface area contributed by atoms with Crippen molar-refractivity contribution in [3.63, 3.8) is 0 Å². The lowest BCUT2D eigenvalue weighted by Crippen LogP contribution is -2.21. The monoisotopic (exact) mass is 227 g/mol. The maximum absolute atomic E-state index is 10.8. The van der Waals surface area contributed by atoms with E-state index >= 15 is 0 Å². The van der Waals surface area contributed by atoms with Crippen molar-refractivity contribution in [2.45, 2.75) is 10.9 Å². The Morgan fingerprint density at radius 3 is 2.73 bits per heavy atom. The standard InChI is InChI=1S/C10H13NO3S/c1-14-9-6(8(11)10(12)13)4-3-5-7(9)15-2/h3-5,8H,11H2,1-2H3,(H,12,13). The van der Waals surface area contributed by atoms with Crippen LogP contribution in [0.5, 0.6) is 5.75 Å². The Morgan fingerprint density at radius 1 is 1.60 bits per heavy atom. The number of ether oxygens (including phenoxy) is 1. The molecule has 0 saturated carbocycles. The minimum absolute atomic E-state index is 0.497. The number of hydrogen-bond acceptors (Lipinski definition) is 4. The number of carboxylic acids is 1. The summed E-state index contributed by atoms with van der Waals surface area (Å²) in [4.78, 5) is 11.7. The second-order valence-corrected chi connectivity index (χ2v) is 3.75. The van der Waals surface area contributed by atoms with E-state index in [0.29, 0.717) is 11.3 Å². The predicted octanol–water partition coefficient (Wildman–Crippen LogP) is 1.50. The van der Waals surface area contributed by atoms with E-state index in [1.807, 2.05) is 12.3 Å². The van der Waals surface area contributed by atoms with Gasteiger partial charge in [-0.25, -0.2) is 0 Å². The van der Waals surface area contributed by atoms with Gasteiger partial charge in [-0.05, 0) is 12.3 Å². The van der Waals surface area contributed by atoms with E-state index in [-0.39, 0.29) is 0 Å². The summed E-state index contributed by atoms with van der Waals surface area (Å²) in [6.45, 7) is 0. The van der Waals surface area contributed by atoms with Gasteiger partial charge >= 0.3 is 5.97 Å². The fourth-order valence-corrected chi connectivity index (χ4v) is 1.89. The normalized spacial score (nSPS) is 12.2. The molecule has 3 N–H and O–H groups in total. The molecule has 1 aromatic carbocycles. The average Bonchev–Trinajstić information content (AvgIpc) is 2.26. The number of carbonyl (C=O) groups is 1. The molecule has 0 fully saturated rings. The van der Waals surface area contributed by atoms with E-state index in [4.69, 9.17) is 15.6 Å². The molecule has 1 atom stereocenters. The number of nitrogens with two attached hydrogens (primary N) is 1. The topological polar surface area (TPSA) is 72.5 Å². The quantitative estimate of drug-likeness (QED) is 0.763. The minimum atomic E-state index is -1.06. The third-order valence-corrected chi connectivity index (χ3v) is 2.80. The number of rotatable bonds is 4. The second kappa shape index (κ2) is 5.04. The van der Waals surface area contributed by atoms with E-state index in [2.05, 4.69) is 0 Å². The van der Waals surface area contributed by atoms with Crippen molar-refractivity contribution < 1.29 is 14.6 Å². The Labute approximate surface area is 92.4 Å². The molecule has 0 aliphatic heterocycles. The van der Waals surface area contributed by atoms with E-state index in [1.165, 1.54) is 18.9 Å². The van der Waals surface area contributed by atoms with Crippen molar-refractivity contribution >= 4 is 17.7 Å². The van der Waals surface area contributed by atoms with Gasteiger partial charge in [0.1, 0.15) is 11.8 Å². The summed E-state index contributed by atoms with van der Waals surface area (Å²) in [5, 5.41) is 8.83. The summed E-state index contributed by atoms with van der Waals surface area (Å²) < 4.78 is 5.17. The third-order valence-electron chi connectivity index (χ3n) is 2.03. The molecule has 1 unspecified atom stereocenters. The molecule has 15 heavy (non-hydrogen) atoms. The summed E-state index contributed by atoms with van der Waals surface area (Å²) in [7, 11) is 1.51. The number of aliphatic carboxylic acids is 1. The zero-order chi connectivity index (χ0) is 11.4. The van der Waals surface area contributed by atoms with Crippen LogP contribution < -0.4 is 10.5 Å². The fraction of sp³-hybridized carbons (Fsp3) is 0.300. The first-order valence-electron chi connectivity index (χ1n) is 4.31. The Morgan fingerprint density at radius 2 is 2.27 bits per heavy atom. The van der Waals surface area contributed by atoms with Crippen LogP contribution in [0.1, 0.15) is 11.6 Å². The first kappa shape index (κ1) is 11.9. The van der Waals surface area contributed by atoms with Gasteiger partial charge in [0.25, 0.3) is 0 Å². The van der Waals surface area contributed by atoms with Crippen molar-refractivity contribution in [1.82, 2.24) is 0 Å². The Bertz CT molecular complexity index is 368. The van der Waals surface area contributed by atoms with Gasteiger partial charge < -0.3 is 15.6 Å². The summed E-state index contributed by atoms with van der Waals surface area (Å²) in [6.07, 6.45) is 1.90. The third kappa shape index (κ3) is 2.43. The molecule has 4 nitrogen and oxygen atoms in total. The summed E-state index contributed by atoms with van der Waals surface area (Å²) in [5.74, 6) is -0.522. The molecule has 0 aliphatic rings. The zero-order valence-corrected chi connectivity index (χ0v) is 9.38. The molecule has 0 heterocycles. The highest BCUT2D eigenvalue weighted by molar-refractivity contribution is 7.98. The first-order chi connectivity index (χ1) is 7.11. The van der Waals surface area contributed by atoms with Crippen LogP contribution in [0.15, 0.2) is 23.1 Å². The lowest BCUT2D eigenvalue weighted by atomic mass is 10.1. The van der Waals surface area contributed by atoms with Crippen LogP contribution in [0, 0.1) is 0 Å². The Kier molecular flexibility index (Phi) is 3.99. The Hall–Kier alpha value is -1.20. The number of benzene rings is 1. The molecule has 0 radical (unpaired) electrons. The molecule has 0 aliphatic carbocycles. The molecular formula is C10H13NO3S. The van der Waals surface area contributed by atoms with Crippen LogP contribution in [0.2, 0.25) is 0 Å². The Balaban J connectivity index is 3.22. The smallest absolute Gasteiger partial charge is 0.325 e. The van der Waals surface area contributed by atoms with Gasteiger partial charge in [0.2, 0.25) is 0 Å². The highest BCUT2D eigenvalue weighted by Crippen LogP contribution is 2.33. The van der Waals surface area contributed by atoms with Crippen molar-refractivity contribution in [2.75, 3.05) is 13.4 Å². The van der Waals surface area contributed by atoms with Crippen LogP contribution in [-0.4, -0.2) is 24.4 Å². The minimum Gasteiger partial charge on any atom is -0.495 e. The summed E-state index contributed by atoms with van der Waals surface area (Å²) in [6, 6.07) is 4.25. The molecular weight excluding hydrogens is 214 g/mol. The number of hydrogen-bond donors (Lipinski definition) is 2. The molecule has 5 heteroatoms. The number of thioether (sulfide) groups is 1. The second-order valence-electron chi connectivity index (χ2n) is 2.90. The number of methoxy groups -OCH3 is 1. The van der Waals surface area contributed by atoms with E-state index < -0.39 is 12.0 Å². The van der Waals surface area contributed by atoms with Crippen LogP contribution in [0.3, 0.4) is 0 Å². The van der Waals surface area contributed by atoms with Gasteiger partial charge in [0.15, 0.2) is 0 Å². The SMILES string of the molecule is COc1c(SC)cccc1C(N)C(=O)O. The van der Waals surface area contributed by atoms with E-state index in [0.717, 1.165) is 4.90 Å². The van der Waals surface area contributed by atoms with Crippen LogP contribution in [-0.2, 0) is 4.79 Å². The van der Waals surface area contributed by atoms with Crippen molar-refractivity contribution in [3.8, 4) is 5.75 Å². The molecule has 1 aromatic rings. The van der Waals surface area contributed by atoms with Gasteiger partial charge in [-0.2, -0.15) is 0 Å². The molecule has 0 amide bonds. The summed E-state index contributed by atoms with van der Waals surface area (Å²) >= 11 is 1.49. The molecule has 0 aromatic heterocycles. The molecule has 0 spiro atoms. The summed E-state index contributed by atoms with van der Waals surface area (Å²) in [5.41, 5.74) is 6.05. The van der Waals surface area contributed by atoms with E-state index in [9.17, 15) is 4.79 Å². The predicted molar refractivity (Wildman–Crippen MR) is 59.3 cm³/mol. The zero-order valence-electron chi connectivity index (χ0n) is 8.56. The van der Waals surface area contributed by atoms with Crippen LogP contribution in [0.25, 0.3) is 0 Å². The molecule has 1 rings (SSSR count). The number of para-hydroxylation sites is 1. The fourth-order valence-electron chi connectivity index (χ4n) is 1.29. The van der Waals surface area contributed by atoms with Crippen molar-refractivity contribution in [3.05, 3.63) is 23.8 Å². The lowest BCUT2D eigenvalue weighted by Gasteiger charge is -2.14. The molecule has 0 saturated heterocycles. The highest BCUT2D eigenvalue weighted by Gasteiger charge is 2.20. The van der Waals surface area contributed by atoms with Gasteiger partial charge in [0.05, 0.1) is 7.11 Å². The average molecular weight is 227 g/mol. The van der Waals surface area contributed by atoms with Gasteiger partial charge in [-0.15, -0.1) is 11.8 Å². The largest absolute Gasteiger partial charge is 0.495 e. The number of carboxylic acid groups (broad SMARTS) is 1. The molecule has 0 bridgehead atoms. The maximum Gasteiger partial charge on any atom is 0.325 e. The van der Waals surface area contributed by atoms with Gasteiger partial charge in [-0.1, -0.05) is 12.1 Å². The van der Waals surface area contributed by atoms with Crippen LogP contribution in [0.4, 0.5) is 0 Å². The highest BCUT2D eigenvalue weighted by atomic mass is 32.2. The first-order valence-corrected chi connectivity index (χ1v) is 5.53. The van der Waals surface area contributed by atoms with Gasteiger partial charge in [-0.3, -0.25) is 4.79 Å². The van der Waals surface area contributed by atoms with E-state index in [1.54, 1.807) is 12.1 Å². The lowest BCUT2D eigenvalue weighted by molar-refractivity contribution is -0.138. The van der Waals surface area contributed by atoms with Crippen molar-refractivity contribution in [1.29, 1.82) is 0 Å². The maximum atomic E-state index is 10.8. The van der Waals surface area contributed by atoms with Crippen LogP contribution >= 0.6 is 11.8 Å². The molecule has 82 valence electrons.